The molecular weight excluding hydrogens is 412 g/mol. The van der Waals surface area contributed by atoms with Crippen molar-refractivity contribution < 1.29 is 14.7 Å². The van der Waals surface area contributed by atoms with E-state index >= 15 is 0 Å². The molecule has 1 N–H and O–H groups in total. The molecule has 2 aromatic carbocycles. The molecule has 0 spiro atoms. The van der Waals surface area contributed by atoms with Gasteiger partial charge >= 0.3 is 5.97 Å². The molecule has 0 radical (unpaired) electrons. The van der Waals surface area contributed by atoms with Gasteiger partial charge in [0.05, 0.1) is 16.7 Å². The highest BCUT2D eigenvalue weighted by Gasteiger charge is 2.49. The van der Waals surface area contributed by atoms with Gasteiger partial charge in [-0.3, -0.25) is 9.69 Å². The Balaban J connectivity index is 1.89. The van der Waals surface area contributed by atoms with E-state index in [0.29, 0.717) is 10.7 Å². The van der Waals surface area contributed by atoms with Crippen molar-refractivity contribution in [2.75, 3.05) is 4.90 Å². The molecule has 1 aliphatic rings. The van der Waals surface area contributed by atoms with Gasteiger partial charge in [-0.15, -0.1) is 0 Å². The van der Waals surface area contributed by atoms with Gasteiger partial charge in [-0.05, 0) is 59.4 Å². The molecule has 1 aromatic heterocycles. The molecule has 158 valence electrons. The summed E-state index contributed by atoms with van der Waals surface area (Å²) in [6.07, 6.45) is 1.40. The number of hydrogen-bond acceptors (Lipinski definition) is 3. The molecule has 1 unspecified atom stereocenters. The van der Waals surface area contributed by atoms with Gasteiger partial charge in [0.15, 0.2) is 0 Å². The third-order valence-corrected chi connectivity index (χ3v) is 6.15. The number of aromatic nitrogens is 1. The van der Waals surface area contributed by atoms with E-state index in [4.69, 9.17) is 11.6 Å². The smallest absolute Gasteiger partial charge is 0.335 e. The maximum Gasteiger partial charge on any atom is 0.335 e. The Bertz CT molecular complexity index is 1200. The lowest BCUT2D eigenvalue weighted by atomic mass is 9.76. The minimum Gasteiger partial charge on any atom is -0.478 e. The van der Waals surface area contributed by atoms with Crippen LogP contribution in [0.25, 0.3) is 0 Å². The number of hydrogen-bond donors (Lipinski definition) is 1. The van der Waals surface area contributed by atoms with Crippen LogP contribution in [0.3, 0.4) is 0 Å². The maximum atomic E-state index is 13.9. The number of nitrogens with zero attached hydrogens (tertiary/aromatic N) is 2. The van der Waals surface area contributed by atoms with Crippen LogP contribution in [0, 0.1) is 0 Å². The van der Waals surface area contributed by atoms with Gasteiger partial charge in [-0.25, -0.2) is 9.78 Å². The number of benzene rings is 2. The van der Waals surface area contributed by atoms with E-state index in [1.54, 1.807) is 18.2 Å². The van der Waals surface area contributed by atoms with Crippen LogP contribution in [0.5, 0.6) is 0 Å². The summed E-state index contributed by atoms with van der Waals surface area (Å²) >= 11 is 6.31. The zero-order chi connectivity index (χ0) is 22.6. The lowest BCUT2D eigenvalue weighted by Crippen LogP contribution is -2.37. The summed E-state index contributed by atoms with van der Waals surface area (Å²) < 4.78 is 0. The second-order valence-corrected chi connectivity index (χ2v) is 9.40. The molecule has 0 saturated heterocycles. The standard InChI is InChI=1S/C25H23ClN2O3/c1-24(2,3)16-5-7-17(8-6-16)25(4)19-14-18(26)9-10-20(19)28(23(25)31)21-13-15(22(29)30)11-12-27-21/h5-14H,1-4H3,(H,29,30). The van der Waals surface area contributed by atoms with Gasteiger partial charge in [-0.2, -0.15) is 0 Å². The molecular formula is C25H23ClN2O3. The fourth-order valence-electron chi connectivity index (χ4n) is 4.04. The number of halogens is 1. The highest BCUT2D eigenvalue weighted by molar-refractivity contribution is 6.31. The average molecular weight is 435 g/mol. The van der Waals surface area contributed by atoms with E-state index in [-0.39, 0.29) is 22.7 Å². The van der Waals surface area contributed by atoms with Crippen LogP contribution in [0.2, 0.25) is 5.02 Å². The summed E-state index contributed by atoms with van der Waals surface area (Å²) in [4.78, 5) is 31.1. The second kappa shape index (κ2) is 7.20. The Hall–Kier alpha value is -3.18. The largest absolute Gasteiger partial charge is 0.478 e. The number of aromatic carboxylic acids is 1. The van der Waals surface area contributed by atoms with Crippen molar-refractivity contribution in [1.29, 1.82) is 0 Å². The van der Waals surface area contributed by atoms with Crippen molar-refractivity contribution in [2.24, 2.45) is 0 Å². The van der Waals surface area contributed by atoms with E-state index in [1.807, 2.05) is 31.2 Å². The summed E-state index contributed by atoms with van der Waals surface area (Å²) in [5.41, 5.74) is 2.49. The number of carboxylic acids is 1. The molecule has 0 fully saturated rings. The van der Waals surface area contributed by atoms with Crippen LogP contribution < -0.4 is 4.90 Å². The summed E-state index contributed by atoms with van der Waals surface area (Å²) in [7, 11) is 0. The lowest BCUT2D eigenvalue weighted by molar-refractivity contribution is -0.120. The Labute approximate surface area is 186 Å². The lowest BCUT2D eigenvalue weighted by Gasteiger charge is -2.26. The monoisotopic (exact) mass is 434 g/mol. The maximum absolute atomic E-state index is 13.9. The first kappa shape index (κ1) is 21.1. The van der Waals surface area contributed by atoms with Crippen molar-refractivity contribution in [2.45, 2.75) is 38.5 Å². The van der Waals surface area contributed by atoms with Crippen molar-refractivity contribution in [3.63, 3.8) is 0 Å². The van der Waals surface area contributed by atoms with Gasteiger partial charge in [0.2, 0.25) is 5.91 Å². The van der Waals surface area contributed by atoms with E-state index in [9.17, 15) is 14.7 Å². The third kappa shape index (κ3) is 3.39. The predicted molar refractivity (Wildman–Crippen MR) is 121 cm³/mol. The van der Waals surface area contributed by atoms with Gasteiger partial charge in [0.25, 0.3) is 0 Å². The van der Waals surface area contributed by atoms with Crippen molar-refractivity contribution in [3.8, 4) is 0 Å². The molecule has 1 atom stereocenters. The molecule has 0 aliphatic carbocycles. The summed E-state index contributed by atoms with van der Waals surface area (Å²) in [6, 6.07) is 16.2. The average Bonchev–Trinajstić information content (AvgIpc) is 2.95. The van der Waals surface area contributed by atoms with Gasteiger partial charge in [0, 0.05) is 11.2 Å². The van der Waals surface area contributed by atoms with Crippen molar-refractivity contribution in [1.82, 2.24) is 4.98 Å². The third-order valence-electron chi connectivity index (χ3n) is 5.92. The first-order valence-electron chi connectivity index (χ1n) is 9.98. The minimum atomic E-state index is -1.08. The van der Waals surface area contributed by atoms with Gasteiger partial charge in [0.1, 0.15) is 5.82 Å². The topological polar surface area (TPSA) is 70.5 Å². The SMILES string of the molecule is CC(C)(C)c1ccc(C2(C)C(=O)N(c3cc(C(=O)O)ccn3)c3ccc(Cl)cc32)cc1. The van der Waals surface area contributed by atoms with Gasteiger partial charge in [-0.1, -0.05) is 56.6 Å². The predicted octanol–water partition coefficient (Wildman–Crippen LogP) is 5.72. The zero-order valence-electron chi connectivity index (χ0n) is 17.8. The molecule has 1 amide bonds. The number of rotatable bonds is 3. The number of carbonyl (C=O) groups is 2. The Morgan fingerprint density at radius 2 is 1.74 bits per heavy atom. The quantitative estimate of drug-likeness (QED) is 0.572. The number of anilines is 2. The Kier molecular flexibility index (Phi) is 4.90. The van der Waals surface area contributed by atoms with Crippen LogP contribution in [0.4, 0.5) is 11.5 Å². The molecule has 0 bridgehead atoms. The van der Waals surface area contributed by atoms with E-state index in [2.05, 4.69) is 25.8 Å². The summed E-state index contributed by atoms with van der Waals surface area (Å²) in [6.45, 7) is 8.30. The second-order valence-electron chi connectivity index (χ2n) is 8.96. The van der Waals surface area contributed by atoms with Crippen LogP contribution in [0.1, 0.15) is 54.7 Å². The Morgan fingerprint density at radius 3 is 2.35 bits per heavy atom. The highest BCUT2D eigenvalue weighted by atomic mass is 35.5. The molecule has 31 heavy (non-hydrogen) atoms. The van der Waals surface area contributed by atoms with E-state index in [1.165, 1.54) is 28.8 Å². The zero-order valence-corrected chi connectivity index (χ0v) is 18.6. The molecule has 0 saturated carbocycles. The number of carboxylic acid groups (broad SMARTS) is 1. The van der Waals surface area contributed by atoms with Crippen molar-refractivity contribution in [3.05, 3.63) is 88.1 Å². The summed E-state index contributed by atoms with van der Waals surface area (Å²) in [5.74, 6) is -1.01. The number of pyridine rings is 1. The molecule has 1 aliphatic heterocycles. The first-order chi connectivity index (χ1) is 14.5. The van der Waals surface area contributed by atoms with E-state index < -0.39 is 11.4 Å². The Morgan fingerprint density at radius 1 is 1.06 bits per heavy atom. The van der Waals surface area contributed by atoms with Crippen LogP contribution in [-0.4, -0.2) is 22.0 Å². The minimum absolute atomic E-state index is 0.00639. The van der Waals surface area contributed by atoms with Crippen LogP contribution >= 0.6 is 11.6 Å². The number of carbonyl (C=O) groups excluding carboxylic acids is 1. The van der Waals surface area contributed by atoms with E-state index in [0.717, 1.165) is 11.1 Å². The molecule has 6 heteroatoms. The fourth-order valence-corrected chi connectivity index (χ4v) is 4.21. The van der Waals surface area contributed by atoms with Crippen molar-refractivity contribution >= 4 is 35.0 Å². The molecule has 5 nitrogen and oxygen atoms in total. The fraction of sp³-hybridized carbons (Fsp3) is 0.240. The molecule has 4 rings (SSSR count). The molecule has 2 heterocycles. The number of fused-ring (bicyclic) bond motifs is 1. The first-order valence-corrected chi connectivity index (χ1v) is 10.4. The number of amides is 1. The van der Waals surface area contributed by atoms with Crippen LogP contribution in [0.15, 0.2) is 60.8 Å². The molecule has 3 aromatic rings. The van der Waals surface area contributed by atoms with Gasteiger partial charge < -0.3 is 5.11 Å². The summed E-state index contributed by atoms with van der Waals surface area (Å²) in [5, 5.41) is 9.90. The van der Waals surface area contributed by atoms with Crippen LogP contribution in [-0.2, 0) is 15.6 Å². The normalized spacial score (nSPS) is 18.2. The highest BCUT2D eigenvalue weighted by Crippen LogP contribution is 2.49.